The molecule has 1 aliphatic heterocycles. The number of carbonyl (C=O) groups is 1. The third-order valence-corrected chi connectivity index (χ3v) is 3.67. The summed E-state index contributed by atoms with van der Waals surface area (Å²) in [5.74, 6) is 0.954. The number of halogens is 1. The second-order valence-corrected chi connectivity index (χ2v) is 5.54. The maximum absolute atomic E-state index is 12.1. The molecule has 1 amide bonds. The summed E-state index contributed by atoms with van der Waals surface area (Å²) in [4.78, 5) is 12.1. The van der Waals surface area contributed by atoms with E-state index in [9.17, 15) is 4.79 Å². The topological polar surface area (TPSA) is 50.4 Å². The van der Waals surface area contributed by atoms with E-state index >= 15 is 0 Å². The molecule has 0 unspecified atom stereocenters. The van der Waals surface area contributed by atoms with Crippen LogP contribution in [0.25, 0.3) is 0 Å². The zero-order valence-corrected chi connectivity index (χ0v) is 13.1. The number of ether oxygens (including phenoxy) is 1. The van der Waals surface area contributed by atoms with Crippen molar-refractivity contribution < 1.29 is 9.53 Å². The van der Waals surface area contributed by atoms with Gasteiger partial charge < -0.3 is 15.4 Å². The smallest absolute Gasteiger partial charge is 0.230 e. The fourth-order valence-electron chi connectivity index (χ4n) is 1.85. The largest absolute Gasteiger partial charge is 0.492 e. The molecule has 0 saturated carbocycles. The molecule has 0 saturated heterocycles. The molecule has 1 aromatic carbocycles. The van der Waals surface area contributed by atoms with Crippen LogP contribution in [-0.2, 0) is 11.3 Å². The molecule has 1 heterocycles. The summed E-state index contributed by atoms with van der Waals surface area (Å²) in [6.07, 6.45) is 0.814. The highest BCUT2D eigenvalue weighted by Crippen LogP contribution is 2.26. The first-order valence-corrected chi connectivity index (χ1v) is 6.81. The maximum atomic E-state index is 12.1. The SMILES string of the molecule is CCC(C)(C)C(=O)Nc1ccc2c(c1)CNCCO2.Cl. The highest BCUT2D eigenvalue weighted by atomic mass is 35.5. The number of anilines is 1. The molecule has 2 rings (SSSR count). The summed E-state index contributed by atoms with van der Waals surface area (Å²) in [7, 11) is 0. The van der Waals surface area contributed by atoms with E-state index in [2.05, 4.69) is 10.6 Å². The fraction of sp³-hybridized carbons (Fsp3) is 0.533. The van der Waals surface area contributed by atoms with E-state index in [0.717, 1.165) is 36.5 Å². The predicted octanol–water partition coefficient (Wildman–Crippen LogP) is 2.97. The van der Waals surface area contributed by atoms with E-state index in [0.29, 0.717) is 6.61 Å². The van der Waals surface area contributed by atoms with Crippen molar-refractivity contribution in [3.63, 3.8) is 0 Å². The molecule has 2 N–H and O–H groups in total. The molecule has 5 heteroatoms. The Morgan fingerprint density at radius 3 is 2.90 bits per heavy atom. The number of carbonyl (C=O) groups excluding carboxylic acids is 1. The zero-order valence-electron chi connectivity index (χ0n) is 12.3. The molecule has 0 atom stereocenters. The van der Waals surface area contributed by atoms with Gasteiger partial charge in [-0.25, -0.2) is 0 Å². The first-order chi connectivity index (χ1) is 9.03. The minimum atomic E-state index is -0.346. The lowest BCUT2D eigenvalue weighted by molar-refractivity contribution is -0.124. The van der Waals surface area contributed by atoms with Gasteiger partial charge >= 0.3 is 0 Å². The van der Waals surface area contributed by atoms with Crippen LogP contribution in [0, 0.1) is 5.41 Å². The second kappa shape index (κ2) is 6.95. The van der Waals surface area contributed by atoms with Crippen molar-refractivity contribution in [1.82, 2.24) is 5.32 Å². The van der Waals surface area contributed by atoms with E-state index < -0.39 is 0 Å². The molecule has 0 radical (unpaired) electrons. The Kier molecular flexibility index (Phi) is 5.84. The minimum Gasteiger partial charge on any atom is -0.492 e. The summed E-state index contributed by atoms with van der Waals surface area (Å²) in [5.41, 5.74) is 1.57. The van der Waals surface area contributed by atoms with Crippen LogP contribution < -0.4 is 15.4 Å². The number of benzene rings is 1. The van der Waals surface area contributed by atoms with Gasteiger partial charge in [-0.1, -0.05) is 20.8 Å². The number of amides is 1. The van der Waals surface area contributed by atoms with Crippen molar-refractivity contribution in [3.05, 3.63) is 23.8 Å². The Labute approximate surface area is 126 Å². The Balaban J connectivity index is 0.00000200. The van der Waals surface area contributed by atoms with Crippen molar-refractivity contribution in [2.45, 2.75) is 33.7 Å². The van der Waals surface area contributed by atoms with E-state index in [1.54, 1.807) is 0 Å². The van der Waals surface area contributed by atoms with Crippen molar-refractivity contribution in [3.8, 4) is 5.75 Å². The average molecular weight is 299 g/mol. The molecule has 0 fully saturated rings. The Morgan fingerprint density at radius 1 is 1.45 bits per heavy atom. The number of fused-ring (bicyclic) bond motifs is 1. The Morgan fingerprint density at radius 2 is 2.20 bits per heavy atom. The molecule has 0 aliphatic carbocycles. The van der Waals surface area contributed by atoms with Gasteiger partial charge in [0.2, 0.25) is 5.91 Å². The van der Waals surface area contributed by atoms with Gasteiger partial charge in [-0.15, -0.1) is 12.4 Å². The Bertz CT molecular complexity index is 475. The minimum absolute atomic E-state index is 0. The summed E-state index contributed by atoms with van der Waals surface area (Å²) in [6, 6.07) is 5.81. The quantitative estimate of drug-likeness (QED) is 0.902. The van der Waals surface area contributed by atoms with Crippen LogP contribution in [-0.4, -0.2) is 19.1 Å². The van der Waals surface area contributed by atoms with Crippen molar-refractivity contribution >= 4 is 24.0 Å². The molecular weight excluding hydrogens is 276 g/mol. The van der Waals surface area contributed by atoms with Gasteiger partial charge in [-0.2, -0.15) is 0 Å². The first kappa shape index (κ1) is 16.8. The van der Waals surface area contributed by atoms with Crippen LogP contribution in [0.15, 0.2) is 18.2 Å². The second-order valence-electron chi connectivity index (χ2n) is 5.54. The molecule has 0 bridgehead atoms. The number of nitrogens with one attached hydrogen (secondary N) is 2. The summed E-state index contributed by atoms with van der Waals surface area (Å²) < 4.78 is 5.62. The lowest BCUT2D eigenvalue weighted by Crippen LogP contribution is -2.30. The zero-order chi connectivity index (χ0) is 13.9. The molecular formula is C15H23ClN2O2. The highest BCUT2D eigenvalue weighted by Gasteiger charge is 2.25. The van der Waals surface area contributed by atoms with Crippen LogP contribution in [0.1, 0.15) is 32.8 Å². The maximum Gasteiger partial charge on any atom is 0.230 e. The molecule has 0 aromatic heterocycles. The van der Waals surface area contributed by atoms with Gasteiger partial charge in [0.15, 0.2) is 0 Å². The summed E-state index contributed by atoms with van der Waals surface area (Å²) >= 11 is 0. The lowest BCUT2D eigenvalue weighted by Gasteiger charge is -2.21. The summed E-state index contributed by atoms with van der Waals surface area (Å²) in [5, 5.41) is 6.27. The predicted molar refractivity (Wildman–Crippen MR) is 83.6 cm³/mol. The van der Waals surface area contributed by atoms with Gasteiger partial charge in [0.05, 0.1) is 0 Å². The van der Waals surface area contributed by atoms with Crippen molar-refractivity contribution in [1.29, 1.82) is 0 Å². The third kappa shape index (κ3) is 3.87. The molecule has 20 heavy (non-hydrogen) atoms. The van der Waals surface area contributed by atoms with Crippen molar-refractivity contribution in [2.24, 2.45) is 5.41 Å². The first-order valence-electron chi connectivity index (χ1n) is 6.81. The van der Waals surface area contributed by atoms with Crippen LogP contribution in [0.3, 0.4) is 0 Å². The van der Waals surface area contributed by atoms with E-state index in [1.807, 2.05) is 39.0 Å². The normalized spacial score (nSPS) is 14.3. The van der Waals surface area contributed by atoms with Crippen LogP contribution in [0.5, 0.6) is 5.75 Å². The monoisotopic (exact) mass is 298 g/mol. The molecule has 1 aliphatic rings. The molecule has 4 nitrogen and oxygen atoms in total. The van der Waals surface area contributed by atoms with Gasteiger partial charge in [-0.05, 0) is 24.6 Å². The molecule has 0 spiro atoms. The van der Waals surface area contributed by atoms with Crippen LogP contribution in [0.2, 0.25) is 0 Å². The number of rotatable bonds is 3. The van der Waals surface area contributed by atoms with E-state index in [1.165, 1.54) is 0 Å². The molecule has 112 valence electrons. The van der Waals surface area contributed by atoms with Crippen LogP contribution in [0.4, 0.5) is 5.69 Å². The van der Waals surface area contributed by atoms with Crippen molar-refractivity contribution in [2.75, 3.05) is 18.5 Å². The fourth-order valence-corrected chi connectivity index (χ4v) is 1.85. The van der Waals surface area contributed by atoms with Crippen LogP contribution >= 0.6 is 12.4 Å². The molecule has 1 aromatic rings. The lowest BCUT2D eigenvalue weighted by atomic mass is 9.89. The third-order valence-electron chi connectivity index (χ3n) is 3.67. The standard InChI is InChI=1S/C15H22N2O2.ClH/c1-4-15(2,3)14(18)17-12-5-6-13-11(9-12)10-16-7-8-19-13;/h5-6,9,16H,4,7-8,10H2,1-3H3,(H,17,18);1H. The average Bonchev–Trinajstić information content (AvgIpc) is 2.63. The number of hydrogen-bond donors (Lipinski definition) is 2. The van der Waals surface area contributed by atoms with Gasteiger partial charge in [0, 0.05) is 29.8 Å². The highest BCUT2D eigenvalue weighted by molar-refractivity contribution is 5.94. The van der Waals surface area contributed by atoms with Gasteiger partial charge in [0.25, 0.3) is 0 Å². The Hall–Kier alpha value is -1.26. The van der Waals surface area contributed by atoms with Gasteiger partial charge in [0.1, 0.15) is 12.4 Å². The van der Waals surface area contributed by atoms with E-state index in [4.69, 9.17) is 4.74 Å². The van der Waals surface area contributed by atoms with E-state index in [-0.39, 0.29) is 23.7 Å². The summed E-state index contributed by atoms with van der Waals surface area (Å²) in [6.45, 7) is 8.23. The van der Waals surface area contributed by atoms with Gasteiger partial charge in [-0.3, -0.25) is 4.79 Å². The number of hydrogen-bond acceptors (Lipinski definition) is 3.